The number of nitrogens with one attached hydrogen (secondary N) is 1. The Balaban J connectivity index is 2.24. The number of carbonyl (C=O) groups excluding carboxylic acids is 2. The molecular weight excluding hydrogens is 490 g/mol. The quantitative estimate of drug-likeness (QED) is 0.201. The van der Waals surface area contributed by atoms with Crippen molar-refractivity contribution in [1.29, 1.82) is 0 Å². The summed E-state index contributed by atoms with van der Waals surface area (Å²) in [6, 6.07) is 3.24. The van der Waals surface area contributed by atoms with E-state index in [1.165, 1.54) is 19.4 Å². The van der Waals surface area contributed by atoms with E-state index < -0.39 is 20.2 Å². The van der Waals surface area contributed by atoms with Crippen molar-refractivity contribution in [2.24, 2.45) is 10.2 Å². The lowest BCUT2D eigenvalue weighted by molar-refractivity contribution is -0.135. The van der Waals surface area contributed by atoms with E-state index in [-0.39, 0.29) is 20.9 Å². The first kappa shape index (κ1) is 24.2. The van der Waals surface area contributed by atoms with Gasteiger partial charge in [-0.2, -0.15) is 5.10 Å². The van der Waals surface area contributed by atoms with E-state index in [9.17, 15) is 14.7 Å². The van der Waals surface area contributed by atoms with Gasteiger partial charge in [0.25, 0.3) is 14.2 Å². The Labute approximate surface area is 189 Å². The normalized spacial score (nSPS) is 17.6. The van der Waals surface area contributed by atoms with E-state index >= 15 is 0 Å². The number of carbonyl (C=O) groups is 2. The number of benzene rings is 1. The van der Waals surface area contributed by atoms with Gasteiger partial charge in [-0.1, -0.05) is 20.8 Å². The number of amides is 1. The van der Waals surface area contributed by atoms with Gasteiger partial charge in [0, 0.05) is 6.08 Å². The SMILES string of the molecule is COC(=O)/C=C1/S/C(=N\N=Cc2c(O)ccc(O[Si](C)(C)C(C)(C)C)c2Br)NC1=O. The molecule has 1 fully saturated rings. The van der Waals surface area contributed by atoms with Crippen LogP contribution in [0.1, 0.15) is 26.3 Å². The van der Waals surface area contributed by atoms with Crippen LogP contribution in [0.5, 0.6) is 11.5 Å². The van der Waals surface area contributed by atoms with Gasteiger partial charge in [-0.05, 0) is 58.0 Å². The molecule has 0 aromatic heterocycles. The highest BCUT2D eigenvalue weighted by Gasteiger charge is 2.39. The van der Waals surface area contributed by atoms with Crippen LogP contribution in [0.15, 0.2) is 37.8 Å². The van der Waals surface area contributed by atoms with E-state index in [1.807, 2.05) is 0 Å². The average Bonchev–Trinajstić information content (AvgIpc) is 2.98. The fraction of sp³-hybridized carbons (Fsp3) is 0.368. The number of halogens is 1. The molecule has 0 saturated carbocycles. The highest BCUT2D eigenvalue weighted by Crippen LogP contribution is 2.41. The molecule has 0 radical (unpaired) electrons. The number of nitrogens with zero attached hydrogens (tertiary/aromatic N) is 2. The van der Waals surface area contributed by atoms with Crippen LogP contribution in [0.25, 0.3) is 0 Å². The topological polar surface area (TPSA) is 110 Å². The highest BCUT2D eigenvalue weighted by atomic mass is 79.9. The first-order chi connectivity index (χ1) is 13.9. The van der Waals surface area contributed by atoms with Crippen LogP contribution >= 0.6 is 27.7 Å². The van der Waals surface area contributed by atoms with E-state index in [0.29, 0.717) is 15.8 Å². The van der Waals surface area contributed by atoms with Gasteiger partial charge < -0.3 is 14.3 Å². The number of esters is 1. The molecule has 1 aliphatic heterocycles. The van der Waals surface area contributed by atoms with Crippen molar-refractivity contribution in [2.75, 3.05) is 7.11 Å². The molecule has 1 aromatic rings. The van der Waals surface area contributed by atoms with Crippen molar-refractivity contribution < 1.29 is 23.9 Å². The maximum atomic E-state index is 11.8. The van der Waals surface area contributed by atoms with Gasteiger partial charge in [0.05, 0.1) is 28.3 Å². The number of phenolic OH excluding ortho intramolecular Hbond substituents is 1. The molecule has 0 aliphatic carbocycles. The monoisotopic (exact) mass is 513 g/mol. The molecular formula is C19H24BrN3O5SSi. The molecule has 162 valence electrons. The van der Waals surface area contributed by atoms with Crippen LogP contribution in [-0.2, 0) is 14.3 Å². The number of ether oxygens (including phenoxy) is 1. The zero-order chi connectivity index (χ0) is 22.7. The number of aromatic hydroxyl groups is 1. The minimum atomic E-state index is -2.08. The Hall–Kier alpha value is -2.11. The lowest BCUT2D eigenvalue weighted by Crippen LogP contribution is -2.44. The summed E-state index contributed by atoms with van der Waals surface area (Å²) in [5.74, 6) is -0.485. The maximum Gasteiger partial charge on any atom is 0.331 e. The second-order valence-electron chi connectivity index (χ2n) is 7.91. The summed E-state index contributed by atoms with van der Waals surface area (Å²) in [4.78, 5) is 23.3. The van der Waals surface area contributed by atoms with Gasteiger partial charge >= 0.3 is 5.97 Å². The first-order valence-electron chi connectivity index (χ1n) is 8.96. The van der Waals surface area contributed by atoms with Gasteiger partial charge in [0.15, 0.2) is 5.17 Å². The number of thioether (sulfide) groups is 1. The van der Waals surface area contributed by atoms with Crippen LogP contribution < -0.4 is 9.74 Å². The Kier molecular flexibility index (Phi) is 7.53. The molecule has 1 saturated heterocycles. The van der Waals surface area contributed by atoms with E-state index in [2.05, 4.69) is 70.1 Å². The fourth-order valence-electron chi connectivity index (χ4n) is 1.97. The van der Waals surface area contributed by atoms with Crippen LogP contribution in [0.3, 0.4) is 0 Å². The number of hydrogen-bond acceptors (Lipinski definition) is 8. The minimum Gasteiger partial charge on any atom is -0.543 e. The lowest BCUT2D eigenvalue weighted by Gasteiger charge is -2.36. The van der Waals surface area contributed by atoms with Crippen molar-refractivity contribution in [1.82, 2.24) is 5.32 Å². The average molecular weight is 514 g/mol. The van der Waals surface area contributed by atoms with E-state index in [1.54, 1.807) is 6.07 Å². The third-order valence-corrected chi connectivity index (χ3v) is 10.8. The van der Waals surface area contributed by atoms with Gasteiger partial charge in [0.2, 0.25) is 0 Å². The molecule has 2 N–H and O–H groups in total. The van der Waals surface area contributed by atoms with Crippen LogP contribution in [-0.4, -0.2) is 43.8 Å². The van der Waals surface area contributed by atoms with Crippen LogP contribution in [0, 0.1) is 0 Å². The molecule has 8 nitrogen and oxygen atoms in total. The zero-order valence-corrected chi connectivity index (χ0v) is 21.0. The molecule has 1 amide bonds. The Morgan fingerprint density at radius 1 is 1.33 bits per heavy atom. The maximum absolute atomic E-state index is 11.8. The second kappa shape index (κ2) is 9.35. The molecule has 11 heteroatoms. The number of amidine groups is 1. The molecule has 0 spiro atoms. The van der Waals surface area contributed by atoms with Gasteiger partial charge in [0.1, 0.15) is 11.5 Å². The third-order valence-electron chi connectivity index (χ3n) is 4.73. The molecule has 1 aliphatic rings. The second-order valence-corrected chi connectivity index (χ2v) is 14.5. The molecule has 0 bridgehead atoms. The first-order valence-corrected chi connectivity index (χ1v) is 13.5. The summed E-state index contributed by atoms with van der Waals surface area (Å²) < 4.78 is 11.4. The minimum absolute atomic E-state index is 0.00259. The Morgan fingerprint density at radius 3 is 2.60 bits per heavy atom. The summed E-state index contributed by atoms with van der Waals surface area (Å²) >= 11 is 4.44. The smallest absolute Gasteiger partial charge is 0.331 e. The third kappa shape index (κ3) is 5.73. The largest absolute Gasteiger partial charge is 0.543 e. The summed E-state index contributed by atoms with van der Waals surface area (Å²) in [6.45, 7) is 10.7. The van der Waals surface area contributed by atoms with Crippen molar-refractivity contribution in [3.8, 4) is 11.5 Å². The highest BCUT2D eigenvalue weighted by molar-refractivity contribution is 9.10. The van der Waals surface area contributed by atoms with Crippen molar-refractivity contribution in [3.63, 3.8) is 0 Å². The summed E-state index contributed by atoms with van der Waals surface area (Å²) in [6.07, 6.45) is 2.44. The molecule has 1 aromatic carbocycles. The predicted molar refractivity (Wildman–Crippen MR) is 124 cm³/mol. The van der Waals surface area contributed by atoms with Crippen LogP contribution in [0.4, 0.5) is 0 Å². The molecule has 0 atom stereocenters. The van der Waals surface area contributed by atoms with Crippen molar-refractivity contribution in [3.05, 3.63) is 33.2 Å². The summed E-state index contributed by atoms with van der Waals surface area (Å²) in [7, 11) is -0.855. The number of phenols is 1. The summed E-state index contributed by atoms with van der Waals surface area (Å²) in [5, 5.41) is 20.8. The van der Waals surface area contributed by atoms with E-state index in [0.717, 1.165) is 17.8 Å². The number of methoxy groups -OCH3 is 1. The van der Waals surface area contributed by atoms with Gasteiger partial charge in [-0.15, -0.1) is 5.10 Å². The van der Waals surface area contributed by atoms with E-state index in [4.69, 9.17) is 4.43 Å². The Bertz CT molecular complexity index is 954. The van der Waals surface area contributed by atoms with Crippen molar-refractivity contribution >= 4 is 59.3 Å². The zero-order valence-electron chi connectivity index (χ0n) is 17.6. The molecule has 1 heterocycles. The molecule has 30 heavy (non-hydrogen) atoms. The Morgan fingerprint density at radius 2 is 2.00 bits per heavy atom. The standard InChI is InChI=1S/C19H24BrN3O5SSi/c1-19(2,3)30(5,6)28-13-8-7-12(24)11(16(13)20)10-21-23-18-22-17(26)14(29-18)9-15(25)27-4/h7-10,24H,1-6H3,(H,22,23,26)/b14-9+,21-10?. The van der Waals surface area contributed by atoms with Crippen LogP contribution in [0.2, 0.25) is 18.1 Å². The number of rotatable bonds is 5. The molecule has 2 rings (SSSR count). The van der Waals surface area contributed by atoms with Gasteiger partial charge in [-0.25, -0.2) is 4.79 Å². The lowest BCUT2D eigenvalue weighted by atomic mass is 10.2. The fourth-order valence-corrected chi connectivity index (χ4v) is 4.41. The summed E-state index contributed by atoms with van der Waals surface area (Å²) in [5.41, 5.74) is 0.398. The molecule has 0 unspecified atom stereocenters. The number of hydrogen-bond donors (Lipinski definition) is 2. The predicted octanol–water partition coefficient (Wildman–Crippen LogP) is 4.15. The van der Waals surface area contributed by atoms with Crippen molar-refractivity contribution in [2.45, 2.75) is 38.9 Å². The van der Waals surface area contributed by atoms with Gasteiger partial charge in [-0.3, -0.25) is 10.1 Å².